The van der Waals surface area contributed by atoms with E-state index in [2.05, 4.69) is 9.80 Å². The topological polar surface area (TPSA) is 54.4 Å². The molecule has 0 amide bonds. The number of benzene rings is 2. The SMILES string of the molecule is COc1ccc(OC)c(CN2CCN(C[C@H](O)COc3ccccc3)CC2)c1. The highest BCUT2D eigenvalue weighted by Gasteiger charge is 2.20. The number of aliphatic hydroxyl groups excluding tert-OH is 1. The van der Waals surface area contributed by atoms with E-state index in [-0.39, 0.29) is 0 Å². The van der Waals surface area contributed by atoms with Crippen LogP contribution in [-0.2, 0) is 6.54 Å². The molecular formula is C22H30N2O4. The molecular weight excluding hydrogens is 356 g/mol. The molecule has 1 saturated heterocycles. The molecule has 3 rings (SSSR count). The van der Waals surface area contributed by atoms with Crippen LogP contribution in [0, 0.1) is 0 Å². The average molecular weight is 386 g/mol. The number of rotatable bonds is 9. The molecule has 0 radical (unpaired) electrons. The second kappa shape index (κ2) is 10.3. The third kappa shape index (κ3) is 5.86. The fourth-order valence-electron chi connectivity index (χ4n) is 3.44. The predicted molar refractivity (Wildman–Crippen MR) is 109 cm³/mol. The van der Waals surface area contributed by atoms with Crippen molar-refractivity contribution in [3.63, 3.8) is 0 Å². The summed E-state index contributed by atoms with van der Waals surface area (Å²) in [6.07, 6.45) is -0.495. The Bertz CT molecular complexity index is 718. The van der Waals surface area contributed by atoms with E-state index in [1.165, 1.54) is 0 Å². The van der Waals surface area contributed by atoms with Crippen molar-refractivity contribution >= 4 is 0 Å². The van der Waals surface area contributed by atoms with Crippen molar-refractivity contribution in [2.24, 2.45) is 0 Å². The quantitative estimate of drug-likeness (QED) is 0.714. The van der Waals surface area contributed by atoms with E-state index in [0.717, 1.165) is 55.5 Å². The smallest absolute Gasteiger partial charge is 0.123 e. The third-order valence-corrected chi connectivity index (χ3v) is 5.00. The molecule has 6 heteroatoms. The molecule has 1 aliphatic rings. The Hall–Kier alpha value is -2.28. The molecule has 1 fully saturated rings. The zero-order valence-electron chi connectivity index (χ0n) is 16.7. The van der Waals surface area contributed by atoms with Gasteiger partial charge in [-0.25, -0.2) is 0 Å². The number of hydrogen-bond donors (Lipinski definition) is 1. The van der Waals surface area contributed by atoms with Gasteiger partial charge in [0.15, 0.2) is 0 Å². The van der Waals surface area contributed by atoms with Gasteiger partial charge >= 0.3 is 0 Å². The number of hydrogen-bond acceptors (Lipinski definition) is 6. The second-order valence-electron chi connectivity index (χ2n) is 7.03. The number of para-hydroxylation sites is 1. The summed E-state index contributed by atoms with van der Waals surface area (Å²) < 4.78 is 16.5. The summed E-state index contributed by atoms with van der Waals surface area (Å²) in [6, 6.07) is 15.5. The number of ether oxygens (including phenoxy) is 3. The van der Waals surface area contributed by atoms with Crippen LogP contribution in [-0.4, -0.2) is 74.6 Å². The molecule has 1 N–H and O–H groups in total. The lowest BCUT2D eigenvalue weighted by atomic mass is 10.1. The lowest BCUT2D eigenvalue weighted by Crippen LogP contribution is -2.48. The van der Waals surface area contributed by atoms with Crippen LogP contribution in [0.4, 0.5) is 0 Å². The number of aliphatic hydroxyl groups is 1. The first-order valence-electron chi connectivity index (χ1n) is 9.69. The van der Waals surface area contributed by atoms with Crippen molar-refractivity contribution in [3.8, 4) is 17.2 Å². The van der Waals surface area contributed by atoms with Crippen LogP contribution in [0.1, 0.15) is 5.56 Å². The van der Waals surface area contributed by atoms with Crippen molar-refractivity contribution in [2.45, 2.75) is 12.6 Å². The van der Waals surface area contributed by atoms with Gasteiger partial charge in [0.2, 0.25) is 0 Å². The van der Waals surface area contributed by atoms with Crippen molar-refractivity contribution in [3.05, 3.63) is 54.1 Å². The lowest BCUT2D eigenvalue weighted by Gasteiger charge is -2.35. The minimum Gasteiger partial charge on any atom is -0.497 e. The first kappa shape index (κ1) is 20.5. The van der Waals surface area contributed by atoms with Gasteiger partial charge in [0.1, 0.15) is 30.0 Å². The number of β-amino-alcohol motifs (C(OH)–C–C–N with tert-alkyl or cyclic N) is 1. The van der Waals surface area contributed by atoms with E-state index >= 15 is 0 Å². The van der Waals surface area contributed by atoms with Gasteiger partial charge in [0, 0.05) is 44.8 Å². The Morgan fingerprint density at radius 2 is 1.61 bits per heavy atom. The van der Waals surface area contributed by atoms with E-state index < -0.39 is 6.10 Å². The minimum absolute atomic E-state index is 0.311. The first-order valence-corrected chi connectivity index (χ1v) is 9.69. The van der Waals surface area contributed by atoms with E-state index in [4.69, 9.17) is 14.2 Å². The minimum atomic E-state index is -0.495. The summed E-state index contributed by atoms with van der Waals surface area (Å²) in [5, 5.41) is 10.3. The van der Waals surface area contributed by atoms with Gasteiger partial charge in [0.05, 0.1) is 14.2 Å². The van der Waals surface area contributed by atoms with Crippen LogP contribution in [0.2, 0.25) is 0 Å². The van der Waals surface area contributed by atoms with Gasteiger partial charge in [-0.15, -0.1) is 0 Å². The van der Waals surface area contributed by atoms with Crippen molar-refractivity contribution in [2.75, 3.05) is 53.6 Å². The largest absolute Gasteiger partial charge is 0.497 e. The molecule has 2 aromatic rings. The summed E-state index contributed by atoms with van der Waals surface area (Å²) in [4.78, 5) is 4.69. The number of nitrogens with zero attached hydrogens (tertiary/aromatic N) is 2. The molecule has 0 saturated carbocycles. The van der Waals surface area contributed by atoms with Gasteiger partial charge in [-0.05, 0) is 30.3 Å². The summed E-state index contributed by atoms with van der Waals surface area (Å²) in [6.45, 7) is 5.52. The van der Waals surface area contributed by atoms with Crippen LogP contribution in [0.15, 0.2) is 48.5 Å². The lowest BCUT2D eigenvalue weighted by molar-refractivity contribution is 0.0445. The van der Waals surface area contributed by atoms with Crippen LogP contribution >= 0.6 is 0 Å². The Kier molecular flexibility index (Phi) is 7.54. The molecule has 1 heterocycles. The van der Waals surface area contributed by atoms with Crippen LogP contribution in [0.5, 0.6) is 17.2 Å². The zero-order valence-corrected chi connectivity index (χ0v) is 16.7. The maximum atomic E-state index is 10.3. The number of methoxy groups -OCH3 is 2. The predicted octanol–water partition coefficient (Wildman–Crippen LogP) is 2.26. The molecule has 152 valence electrons. The average Bonchev–Trinajstić information content (AvgIpc) is 2.74. The van der Waals surface area contributed by atoms with E-state index in [1.807, 2.05) is 48.5 Å². The van der Waals surface area contributed by atoms with Crippen molar-refractivity contribution in [1.82, 2.24) is 9.80 Å². The van der Waals surface area contributed by atoms with Gasteiger partial charge < -0.3 is 19.3 Å². The monoisotopic (exact) mass is 386 g/mol. The molecule has 6 nitrogen and oxygen atoms in total. The fourth-order valence-corrected chi connectivity index (χ4v) is 3.44. The standard InChI is InChI=1S/C22H30N2O4/c1-26-21-8-9-22(27-2)18(14-21)15-23-10-12-24(13-11-23)16-19(25)17-28-20-6-4-3-5-7-20/h3-9,14,19,25H,10-13,15-17H2,1-2H3/t19-/m0/s1. The molecule has 1 atom stereocenters. The maximum absolute atomic E-state index is 10.3. The first-order chi connectivity index (χ1) is 13.7. The van der Waals surface area contributed by atoms with Gasteiger partial charge in [-0.2, -0.15) is 0 Å². The molecule has 2 aromatic carbocycles. The second-order valence-corrected chi connectivity index (χ2v) is 7.03. The molecule has 1 aliphatic heterocycles. The van der Waals surface area contributed by atoms with E-state index in [0.29, 0.717) is 13.2 Å². The molecule has 28 heavy (non-hydrogen) atoms. The Labute approximate surface area is 167 Å². The van der Waals surface area contributed by atoms with Gasteiger partial charge in [-0.3, -0.25) is 9.80 Å². The van der Waals surface area contributed by atoms with E-state index in [1.54, 1.807) is 14.2 Å². The summed E-state index contributed by atoms with van der Waals surface area (Å²) >= 11 is 0. The zero-order chi connectivity index (χ0) is 19.8. The van der Waals surface area contributed by atoms with Gasteiger partial charge in [-0.1, -0.05) is 18.2 Å². The summed E-state index contributed by atoms with van der Waals surface area (Å²) in [5.74, 6) is 2.52. The van der Waals surface area contributed by atoms with E-state index in [9.17, 15) is 5.11 Å². The highest BCUT2D eigenvalue weighted by Crippen LogP contribution is 2.25. The van der Waals surface area contributed by atoms with Crippen molar-refractivity contribution in [1.29, 1.82) is 0 Å². The molecule has 0 unspecified atom stereocenters. The Balaban J connectivity index is 1.43. The highest BCUT2D eigenvalue weighted by atomic mass is 16.5. The normalized spacial score (nSPS) is 16.5. The molecule has 0 aliphatic carbocycles. The molecule has 0 spiro atoms. The van der Waals surface area contributed by atoms with Gasteiger partial charge in [0.25, 0.3) is 0 Å². The number of piperazine rings is 1. The summed E-state index contributed by atoms with van der Waals surface area (Å²) in [7, 11) is 3.37. The van der Waals surface area contributed by atoms with Crippen molar-refractivity contribution < 1.29 is 19.3 Å². The third-order valence-electron chi connectivity index (χ3n) is 5.00. The molecule has 0 bridgehead atoms. The fraction of sp³-hybridized carbons (Fsp3) is 0.455. The summed E-state index contributed by atoms with van der Waals surface area (Å²) in [5.41, 5.74) is 1.13. The molecule has 0 aromatic heterocycles. The Morgan fingerprint density at radius 3 is 2.29 bits per heavy atom. The maximum Gasteiger partial charge on any atom is 0.123 e. The highest BCUT2D eigenvalue weighted by molar-refractivity contribution is 5.40. The van der Waals surface area contributed by atoms with Crippen LogP contribution in [0.25, 0.3) is 0 Å². The van der Waals surface area contributed by atoms with Crippen LogP contribution in [0.3, 0.4) is 0 Å². The Morgan fingerprint density at radius 1 is 0.893 bits per heavy atom. The van der Waals surface area contributed by atoms with Crippen LogP contribution < -0.4 is 14.2 Å².